The molecule has 0 spiro atoms. The van der Waals surface area contributed by atoms with E-state index in [1.54, 1.807) is 18.2 Å². The Morgan fingerprint density at radius 3 is 2.63 bits per heavy atom. The number of carbonyl (C=O) groups is 2. The lowest BCUT2D eigenvalue weighted by Crippen LogP contribution is -2.21. The standard InChI is InChI=1S/C20H22ClN3O3/c1-3-27-18-10-5-4-7-15(18)13-22-24-20(26)12-11-19(25)23-17-9-6-8-16(21)14(17)2/h4-10,13H,3,11-12H2,1-2H3,(H,23,25)(H,24,26)/b22-13-. The number of hydrogen-bond acceptors (Lipinski definition) is 4. The van der Waals surface area contributed by atoms with Crippen molar-refractivity contribution in [1.82, 2.24) is 5.43 Å². The number of anilines is 1. The van der Waals surface area contributed by atoms with E-state index < -0.39 is 0 Å². The molecule has 2 aromatic carbocycles. The molecular weight excluding hydrogens is 366 g/mol. The first-order valence-electron chi connectivity index (χ1n) is 8.60. The van der Waals surface area contributed by atoms with Gasteiger partial charge in [-0.25, -0.2) is 5.43 Å². The van der Waals surface area contributed by atoms with Crippen LogP contribution in [0.3, 0.4) is 0 Å². The highest BCUT2D eigenvalue weighted by Gasteiger charge is 2.09. The molecule has 7 heteroatoms. The summed E-state index contributed by atoms with van der Waals surface area (Å²) in [4.78, 5) is 23.9. The largest absolute Gasteiger partial charge is 0.493 e. The summed E-state index contributed by atoms with van der Waals surface area (Å²) in [7, 11) is 0. The maximum Gasteiger partial charge on any atom is 0.240 e. The molecule has 27 heavy (non-hydrogen) atoms. The average molecular weight is 388 g/mol. The lowest BCUT2D eigenvalue weighted by Gasteiger charge is -2.09. The number of hydrogen-bond donors (Lipinski definition) is 2. The molecule has 0 aliphatic rings. The summed E-state index contributed by atoms with van der Waals surface area (Å²) < 4.78 is 5.48. The Morgan fingerprint density at radius 1 is 1.11 bits per heavy atom. The molecule has 6 nitrogen and oxygen atoms in total. The van der Waals surface area contributed by atoms with E-state index in [2.05, 4.69) is 15.8 Å². The third kappa shape index (κ3) is 6.42. The predicted octanol–water partition coefficient (Wildman–Crippen LogP) is 3.92. The van der Waals surface area contributed by atoms with Gasteiger partial charge in [-0.05, 0) is 43.7 Å². The molecule has 2 amide bonds. The number of nitrogens with zero attached hydrogens (tertiary/aromatic N) is 1. The Labute approximate surface area is 163 Å². The summed E-state index contributed by atoms with van der Waals surface area (Å²) in [5.74, 6) is 0.0774. The van der Waals surface area contributed by atoms with Crippen LogP contribution in [0.5, 0.6) is 5.75 Å². The van der Waals surface area contributed by atoms with Gasteiger partial charge in [0.2, 0.25) is 11.8 Å². The normalized spacial score (nSPS) is 10.6. The SMILES string of the molecule is CCOc1ccccc1/C=N\NC(=O)CCC(=O)Nc1cccc(Cl)c1C. The van der Waals surface area contributed by atoms with E-state index >= 15 is 0 Å². The Morgan fingerprint density at radius 2 is 1.85 bits per heavy atom. The zero-order valence-corrected chi connectivity index (χ0v) is 16.0. The topological polar surface area (TPSA) is 79.8 Å². The lowest BCUT2D eigenvalue weighted by atomic mass is 10.2. The predicted molar refractivity (Wildman–Crippen MR) is 107 cm³/mol. The van der Waals surface area contributed by atoms with Crippen LogP contribution in [0.15, 0.2) is 47.6 Å². The summed E-state index contributed by atoms with van der Waals surface area (Å²) >= 11 is 6.02. The van der Waals surface area contributed by atoms with Crippen LogP contribution in [0.1, 0.15) is 30.9 Å². The van der Waals surface area contributed by atoms with Crippen LogP contribution < -0.4 is 15.5 Å². The molecule has 2 aromatic rings. The number of halogens is 1. The fourth-order valence-electron chi connectivity index (χ4n) is 2.29. The van der Waals surface area contributed by atoms with Crippen LogP contribution in [0, 0.1) is 6.92 Å². The van der Waals surface area contributed by atoms with Gasteiger partial charge < -0.3 is 10.1 Å². The minimum Gasteiger partial charge on any atom is -0.493 e. The van der Waals surface area contributed by atoms with Crippen molar-refractivity contribution in [3.05, 3.63) is 58.6 Å². The lowest BCUT2D eigenvalue weighted by molar-refractivity contribution is -0.124. The molecule has 0 aliphatic carbocycles. The molecule has 2 N–H and O–H groups in total. The highest BCUT2D eigenvalue weighted by molar-refractivity contribution is 6.31. The molecule has 0 saturated carbocycles. The first-order chi connectivity index (χ1) is 13.0. The number of carbonyl (C=O) groups excluding carboxylic acids is 2. The molecule has 0 heterocycles. The fourth-order valence-corrected chi connectivity index (χ4v) is 2.46. The van der Waals surface area contributed by atoms with Crippen molar-refractivity contribution in [2.75, 3.05) is 11.9 Å². The molecule has 0 radical (unpaired) electrons. The number of benzene rings is 2. The summed E-state index contributed by atoms with van der Waals surface area (Å²) in [6, 6.07) is 12.7. The van der Waals surface area contributed by atoms with Crippen molar-refractivity contribution in [3.63, 3.8) is 0 Å². The Bertz CT molecular complexity index is 837. The van der Waals surface area contributed by atoms with E-state index in [0.29, 0.717) is 23.1 Å². The van der Waals surface area contributed by atoms with Crippen LogP contribution in [0.2, 0.25) is 5.02 Å². The number of nitrogens with one attached hydrogen (secondary N) is 2. The second kappa shape index (κ2) is 10.3. The minimum atomic E-state index is -0.349. The third-order valence-electron chi connectivity index (χ3n) is 3.73. The van der Waals surface area contributed by atoms with Crippen molar-refractivity contribution in [3.8, 4) is 5.75 Å². The van der Waals surface area contributed by atoms with E-state index in [9.17, 15) is 9.59 Å². The van der Waals surface area contributed by atoms with Crippen molar-refractivity contribution in [2.24, 2.45) is 5.10 Å². The summed E-state index contributed by atoms with van der Waals surface area (Å²) in [6.45, 7) is 4.25. The molecule has 0 aromatic heterocycles. The number of amides is 2. The number of ether oxygens (including phenoxy) is 1. The van der Waals surface area contributed by atoms with Gasteiger partial charge >= 0.3 is 0 Å². The van der Waals surface area contributed by atoms with E-state index in [1.807, 2.05) is 38.1 Å². The maximum absolute atomic E-state index is 12.0. The van der Waals surface area contributed by atoms with Gasteiger partial charge in [-0.1, -0.05) is 29.8 Å². The zero-order chi connectivity index (χ0) is 19.6. The van der Waals surface area contributed by atoms with Crippen LogP contribution >= 0.6 is 11.6 Å². The molecule has 0 saturated heterocycles. The van der Waals surface area contributed by atoms with Gasteiger partial charge in [0.05, 0.1) is 12.8 Å². The van der Waals surface area contributed by atoms with Gasteiger partial charge in [0.25, 0.3) is 0 Å². The Balaban J connectivity index is 1.81. The highest BCUT2D eigenvalue weighted by atomic mass is 35.5. The molecule has 0 fully saturated rings. The quantitative estimate of drug-likeness (QED) is 0.532. The molecule has 0 bridgehead atoms. The van der Waals surface area contributed by atoms with Crippen LogP contribution in [0.4, 0.5) is 5.69 Å². The molecule has 0 aliphatic heterocycles. The molecule has 142 valence electrons. The molecular formula is C20H22ClN3O3. The van der Waals surface area contributed by atoms with Crippen molar-refractivity contribution in [2.45, 2.75) is 26.7 Å². The smallest absolute Gasteiger partial charge is 0.240 e. The molecule has 0 unspecified atom stereocenters. The zero-order valence-electron chi connectivity index (χ0n) is 15.3. The first-order valence-corrected chi connectivity index (χ1v) is 8.97. The van der Waals surface area contributed by atoms with Gasteiger partial charge in [-0.3, -0.25) is 9.59 Å². The van der Waals surface area contributed by atoms with Crippen LogP contribution in [-0.4, -0.2) is 24.6 Å². The number of hydrazone groups is 1. The van der Waals surface area contributed by atoms with Crippen LogP contribution in [0.25, 0.3) is 0 Å². The van der Waals surface area contributed by atoms with Gasteiger partial charge in [-0.15, -0.1) is 0 Å². The first kappa shape index (κ1) is 20.5. The van der Waals surface area contributed by atoms with Crippen molar-refractivity contribution < 1.29 is 14.3 Å². The highest BCUT2D eigenvalue weighted by Crippen LogP contribution is 2.23. The third-order valence-corrected chi connectivity index (χ3v) is 4.14. The average Bonchev–Trinajstić information content (AvgIpc) is 2.65. The summed E-state index contributed by atoms with van der Waals surface area (Å²) in [5.41, 5.74) is 4.60. The van der Waals surface area contributed by atoms with Crippen molar-refractivity contribution in [1.29, 1.82) is 0 Å². The maximum atomic E-state index is 12.0. The van der Waals surface area contributed by atoms with Gasteiger partial charge in [0.1, 0.15) is 5.75 Å². The minimum absolute atomic E-state index is 0.0237. The summed E-state index contributed by atoms with van der Waals surface area (Å²) in [6.07, 6.45) is 1.58. The van der Waals surface area contributed by atoms with Gasteiger partial charge in [0, 0.05) is 29.1 Å². The Hall–Kier alpha value is -2.86. The van der Waals surface area contributed by atoms with Crippen LogP contribution in [-0.2, 0) is 9.59 Å². The number of para-hydroxylation sites is 1. The fraction of sp³-hybridized carbons (Fsp3) is 0.250. The second-order valence-corrected chi connectivity index (χ2v) is 6.13. The van der Waals surface area contributed by atoms with Gasteiger partial charge in [0.15, 0.2) is 0 Å². The summed E-state index contributed by atoms with van der Waals surface area (Å²) in [5, 5.41) is 7.25. The van der Waals surface area contributed by atoms with E-state index in [1.165, 1.54) is 6.21 Å². The van der Waals surface area contributed by atoms with E-state index in [0.717, 1.165) is 11.1 Å². The van der Waals surface area contributed by atoms with Gasteiger partial charge in [-0.2, -0.15) is 5.10 Å². The van der Waals surface area contributed by atoms with E-state index in [-0.39, 0.29) is 24.7 Å². The number of rotatable bonds is 8. The second-order valence-electron chi connectivity index (χ2n) is 5.72. The van der Waals surface area contributed by atoms with Crippen molar-refractivity contribution >= 4 is 35.3 Å². The Kier molecular flexibility index (Phi) is 7.82. The monoisotopic (exact) mass is 387 g/mol. The van der Waals surface area contributed by atoms with E-state index in [4.69, 9.17) is 16.3 Å². The molecule has 2 rings (SSSR count). The molecule has 0 atom stereocenters.